The van der Waals surface area contributed by atoms with E-state index in [2.05, 4.69) is 38.8 Å². The standard InChI is InChI=1S/C28H38N2O4.HI/c1-7-33-25(31)14-12-23-17(3)19(5)27(29-23)21-10-9-11-22(16-21)28-20(6)18(4)24(30-28)13-15-26(32)34-8-2;/h16,29H,7-15H2,1-6H3;1H/b28-22-;. The number of halogens is 1. The van der Waals surface area contributed by atoms with Crippen LogP contribution >= 0.6 is 24.0 Å². The van der Waals surface area contributed by atoms with Crippen LogP contribution in [-0.4, -0.2) is 35.8 Å². The summed E-state index contributed by atoms with van der Waals surface area (Å²) in [6.45, 7) is 13.0. The topological polar surface area (TPSA) is 80.8 Å². The molecule has 1 N–H and O–H groups in total. The van der Waals surface area contributed by atoms with Gasteiger partial charge in [-0.3, -0.25) is 14.6 Å². The smallest absolute Gasteiger partial charge is 0.306 e. The van der Waals surface area contributed by atoms with Gasteiger partial charge in [0.1, 0.15) is 0 Å². The number of aliphatic imine (C=N–C) groups is 1. The Morgan fingerprint density at radius 2 is 1.54 bits per heavy atom. The van der Waals surface area contributed by atoms with Gasteiger partial charge in [-0.1, -0.05) is 6.08 Å². The molecule has 0 radical (unpaired) electrons. The molecule has 0 fully saturated rings. The molecule has 0 bridgehead atoms. The van der Waals surface area contributed by atoms with Crippen LogP contribution in [0.2, 0.25) is 0 Å². The Hall–Kier alpha value is -2.16. The van der Waals surface area contributed by atoms with Gasteiger partial charge in [-0.15, -0.1) is 24.0 Å². The SMILES string of the molecule is CCOC(=O)CCC1=N/C(=C2\C=C(c3[nH]c(CCC(=O)OCC)c(C)c3C)CCC2)C(C)=C1C.I. The lowest BCUT2D eigenvalue weighted by Crippen LogP contribution is -2.07. The number of aromatic amines is 1. The van der Waals surface area contributed by atoms with Crippen molar-refractivity contribution in [3.63, 3.8) is 0 Å². The second-order valence-electron chi connectivity index (χ2n) is 9.04. The van der Waals surface area contributed by atoms with E-state index in [-0.39, 0.29) is 35.9 Å². The Labute approximate surface area is 226 Å². The van der Waals surface area contributed by atoms with Crippen LogP contribution in [0.3, 0.4) is 0 Å². The van der Waals surface area contributed by atoms with Crippen molar-refractivity contribution in [2.75, 3.05) is 13.2 Å². The molecule has 0 unspecified atom stereocenters. The van der Waals surface area contributed by atoms with E-state index in [0.717, 1.165) is 42.1 Å². The molecule has 0 aromatic carbocycles. The Balaban J connectivity index is 0.00000432. The fourth-order valence-corrected chi connectivity index (χ4v) is 4.70. The maximum atomic E-state index is 11.8. The number of aryl methyl sites for hydroxylation is 1. The summed E-state index contributed by atoms with van der Waals surface area (Å²) in [7, 11) is 0. The van der Waals surface area contributed by atoms with Crippen LogP contribution in [-0.2, 0) is 25.5 Å². The van der Waals surface area contributed by atoms with Crippen molar-refractivity contribution < 1.29 is 19.1 Å². The number of esters is 2. The van der Waals surface area contributed by atoms with Crippen LogP contribution in [0.15, 0.2) is 33.5 Å². The summed E-state index contributed by atoms with van der Waals surface area (Å²) >= 11 is 0. The van der Waals surface area contributed by atoms with Crippen molar-refractivity contribution in [1.82, 2.24) is 4.98 Å². The average Bonchev–Trinajstić information content (AvgIpc) is 3.27. The predicted molar refractivity (Wildman–Crippen MR) is 151 cm³/mol. The molecule has 0 amide bonds. The highest BCUT2D eigenvalue weighted by molar-refractivity contribution is 14.0. The number of hydrogen-bond donors (Lipinski definition) is 1. The van der Waals surface area contributed by atoms with Crippen molar-refractivity contribution in [3.8, 4) is 0 Å². The van der Waals surface area contributed by atoms with Crippen LogP contribution in [0.25, 0.3) is 5.57 Å². The maximum Gasteiger partial charge on any atom is 0.306 e. The minimum atomic E-state index is -0.173. The summed E-state index contributed by atoms with van der Waals surface area (Å²) < 4.78 is 10.2. The number of carbonyl (C=O) groups excluding carboxylic acids is 2. The zero-order chi connectivity index (χ0) is 24.8. The molecular formula is C28H39IN2O4. The minimum absolute atomic E-state index is 0. The van der Waals surface area contributed by atoms with Gasteiger partial charge in [-0.25, -0.2) is 0 Å². The first-order valence-electron chi connectivity index (χ1n) is 12.5. The second-order valence-corrected chi connectivity index (χ2v) is 9.04. The third-order valence-electron chi connectivity index (χ3n) is 6.89. The second kappa shape index (κ2) is 13.2. The number of ether oxygens (including phenoxy) is 2. The van der Waals surface area contributed by atoms with Gasteiger partial charge >= 0.3 is 11.9 Å². The van der Waals surface area contributed by atoms with Crippen LogP contribution < -0.4 is 0 Å². The number of hydrogen-bond acceptors (Lipinski definition) is 5. The Morgan fingerprint density at radius 1 is 0.914 bits per heavy atom. The van der Waals surface area contributed by atoms with E-state index < -0.39 is 0 Å². The molecule has 1 aliphatic heterocycles. The van der Waals surface area contributed by atoms with Crippen molar-refractivity contribution in [2.45, 2.75) is 86.5 Å². The van der Waals surface area contributed by atoms with Gasteiger partial charge in [0.05, 0.1) is 31.8 Å². The molecule has 2 aliphatic rings. The largest absolute Gasteiger partial charge is 0.466 e. The number of nitrogens with zero attached hydrogens (tertiary/aromatic N) is 1. The molecule has 0 atom stereocenters. The van der Waals surface area contributed by atoms with Crippen LogP contribution in [0, 0.1) is 13.8 Å². The summed E-state index contributed by atoms with van der Waals surface area (Å²) in [5, 5.41) is 0. The molecule has 2 heterocycles. The van der Waals surface area contributed by atoms with Crippen molar-refractivity contribution in [2.24, 2.45) is 4.99 Å². The third kappa shape index (κ3) is 6.96. The molecule has 35 heavy (non-hydrogen) atoms. The van der Waals surface area contributed by atoms with Gasteiger partial charge in [0.15, 0.2) is 0 Å². The molecule has 3 rings (SSSR count). The summed E-state index contributed by atoms with van der Waals surface area (Å²) in [6, 6.07) is 0. The molecule has 6 nitrogen and oxygen atoms in total. The summed E-state index contributed by atoms with van der Waals surface area (Å²) in [5.41, 5.74) is 11.7. The van der Waals surface area contributed by atoms with E-state index in [4.69, 9.17) is 14.5 Å². The lowest BCUT2D eigenvalue weighted by molar-refractivity contribution is -0.143. The molecule has 1 aromatic rings. The van der Waals surface area contributed by atoms with Crippen molar-refractivity contribution >= 4 is 47.2 Å². The first kappa shape index (κ1) is 29.1. The van der Waals surface area contributed by atoms with Gasteiger partial charge in [-0.2, -0.15) is 0 Å². The lowest BCUT2D eigenvalue weighted by atomic mass is 9.89. The quantitative estimate of drug-likeness (QED) is 0.255. The monoisotopic (exact) mass is 594 g/mol. The number of nitrogens with one attached hydrogen (secondary N) is 1. The van der Waals surface area contributed by atoms with Crippen LogP contribution in [0.1, 0.15) is 88.7 Å². The number of rotatable bonds is 9. The maximum absolute atomic E-state index is 11.8. The molecule has 192 valence electrons. The van der Waals surface area contributed by atoms with Gasteiger partial charge in [-0.05, 0) is 101 Å². The normalized spacial score (nSPS) is 17.7. The highest BCUT2D eigenvalue weighted by atomic mass is 127. The number of H-pyrrole nitrogens is 1. The van der Waals surface area contributed by atoms with Gasteiger partial charge in [0.25, 0.3) is 0 Å². The Bertz CT molecular complexity index is 1090. The zero-order valence-electron chi connectivity index (χ0n) is 21.9. The molecule has 0 saturated carbocycles. The lowest BCUT2D eigenvalue weighted by Gasteiger charge is -2.17. The number of allylic oxidation sites excluding steroid dienone is 5. The molecule has 1 aliphatic carbocycles. The van der Waals surface area contributed by atoms with E-state index in [1.807, 2.05) is 13.8 Å². The first-order valence-corrected chi connectivity index (χ1v) is 12.5. The summed E-state index contributed by atoms with van der Waals surface area (Å²) in [5.74, 6) is -0.331. The number of carbonyl (C=O) groups is 2. The van der Waals surface area contributed by atoms with Gasteiger partial charge in [0.2, 0.25) is 0 Å². The van der Waals surface area contributed by atoms with Crippen molar-refractivity contribution in [3.05, 3.63) is 51.0 Å². The number of aromatic nitrogens is 1. The minimum Gasteiger partial charge on any atom is -0.466 e. The molecule has 7 heteroatoms. The first-order chi connectivity index (χ1) is 16.3. The zero-order valence-corrected chi connectivity index (χ0v) is 24.3. The molecule has 0 saturated heterocycles. The van der Waals surface area contributed by atoms with Crippen LogP contribution in [0.4, 0.5) is 0 Å². The van der Waals surface area contributed by atoms with E-state index in [1.54, 1.807) is 0 Å². The fourth-order valence-electron chi connectivity index (χ4n) is 4.70. The highest BCUT2D eigenvalue weighted by Crippen LogP contribution is 2.38. The van der Waals surface area contributed by atoms with Gasteiger partial charge in [0, 0.05) is 23.5 Å². The highest BCUT2D eigenvalue weighted by Gasteiger charge is 2.23. The van der Waals surface area contributed by atoms with E-state index >= 15 is 0 Å². The van der Waals surface area contributed by atoms with Gasteiger partial charge < -0.3 is 14.5 Å². The predicted octanol–water partition coefficient (Wildman–Crippen LogP) is 6.70. The third-order valence-corrected chi connectivity index (χ3v) is 6.89. The molecule has 0 spiro atoms. The molecular weight excluding hydrogens is 555 g/mol. The average molecular weight is 595 g/mol. The molecule has 1 aromatic heterocycles. The summed E-state index contributed by atoms with van der Waals surface area (Å²) in [4.78, 5) is 32.2. The van der Waals surface area contributed by atoms with Crippen LogP contribution in [0.5, 0.6) is 0 Å². The summed E-state index contributed by atoms with van der Waals surface area (Å²) in [6.07, 6.45) is 7.37. The Morgan fingerprint density at radius 3 is 2.17 bits per heavy atom. The van der Waals surface area contributed by atoms with E-state index in [0.29, 0.717) is 38.9 Å². The van der Waals surface area contributed by atoms with E-state index in [1.165, 1.54) is 33.4 Å². The van der Waals surface area contributed by atoms with Crippen molar-refractivity contribution in [1.29, 1.82) is 0 Å². The Kier molecular flexibility index (Phi) is 11.0. The fraction of sp³-hybridized carbons (Fsp3) is 0.536. The van der Waals surface area contributed by atoms with E-state index in [9.17, 15) is 9.59 Å².